The Morgan fingerprint density at radius 2 is 1.75 bits per heavy atom. The molecule has 0 atom stereocenters. The molecule has 0 radical (unpaired) electrons. The molecule has 1 aliphatic rings. The lowest BCUT2D eigenvalue weighted by Gasteiger charge is -2.21. The van der Waals surface area contributed by atoms with Crippen LogP contribution in [0.3, 0.4) is 0 Å². The van der Waals surface area contributed by atoms with Crippen LogP contribution >= 0.6 is 0 Å². The SMILES string of the molecule is CC(C)C(=O)Nc1ccc(CNC(=O)CCC2CCCCC2)cc1. The number of anilines is 1. The molecule has 0 bridgehead atoms. The lowest BCUT2D eigenvalue weighted by molar-refractivity contribution is -0.121. The van der Waals surface area contributed by atoms with Crippen molar-refractivity contribution in [3.05, 3.63) is 29.8 Å². The van der Waals surface area contributed by atoms with Crippen molar-refractivity contribution >= 4 is 17.5 Å². The highest BCUT2D eigenvalue weighted by Gasteiger charge is 2.14. The first-order valence-electron chi connectivity index (χ1n) is 9.21. The number of carbonyl (C=O) groups excluding carboxylic acids is 2. The van der Waals surface area contributed by atoms with Gasteiger partial charge in [-0.15, -0.1) is 0 Å². The summed E-state index contributed by atoms with van der Waals surface area (Å²) < 4.78 is 0. The van der Waals surface area contributed by atoms with Crippen molar-refractivity contribution in [1.82, 2.24) is 5.32 Å². The number of carbonyl (C=O) groups is 2. The first-order valence-corrected chi connectivity index (χ1v) is 9.21. The lowest BCUT2D eigenvalue weighted by atomic mass is 9.86. The van der Waals surface area contributed by atoms with E-state index >= 15 is 0 Å². The zero-order valence-electron chi connectivity index (χ0n) is 14.9. The number of nitrogens with one attached hydrogen (secondary N) is 2. The molecule has 2 N–H and O–H groups in total. The molecular formula is C20H30N2O2. The Morgan fingerprint density at radius 1 is 1.08 bits per heavy atom. The van der Waals surface area contributed by atoms with Crippen LogP contribution in [0.4, 0.5) is 5.69 Å². The molecule has 0 saturated heterocycles. The number of rotatable bonds is 7. The summed E-state index contributed by atoms with van der Waals surface area (Å²) in [7, 11) is 0. The zero-order valence-corrected chi connectivity index (χ0v) is 14.9. The van der Waals surface area contributed by atoms with Gasteiger partial charge in [0, 0.05) is 24.6 Å². The van der Waals surface area contributed by atoms with Gasteiger partial charge in [-0.05, 0) is 30.0 Å². The van der Waals surface area contributed by atoms with Crippen LogP contribution in [-0.2, 0) is 16.1 Å². The summed E-state index contributed by atoms with van der Waals surface area (Å²) in [5.74, 6) is 0.859. The first-order chi connectivity index (χ1) is 11.5. The van der Waals surface area contributed by atoms with Crippen LogP contribution in [-0.4, -0.2) is 11.8 Å². The fourth-order valence-electron chi connectivity index (χ4n) is 3.09. The Bertz CT molecular complexity index is 531. The molecule has 1 fully saturated rings. The average Bonchev–Trinajstić information content (AvgIpc) is 2.60. The number of amides is 2. The van der Waals surface area contributed by atoms with Crippen LogP contribution in [0.5, 0.6) is 0 Å². The fraction of sp³-hybridized carbons (Fsp3) is 0.600. The molecule has 1 aliphatic carbocycles. The average molecular weight is 330 g/mol. The Hall–Kier alpha value is -1.84. The zero-order chi connectivity index (χ0) is 17.4. The summed E-state index contributed by atoms with van der Waals surface area (Å²) in [6.45, 7) is 4.28. The van der Waals surface area contributed by atoms with Gasteiger partial charge in [-0.2, -0.15) is 0 Å². The van der Waals surface area contributed by atoms with Crippen LogP contribution in [0.1, 0.15) is 64.4 Å². The van der Waals surface area contributed by atoms with E-state index in [1.807, 2.05) is 38.1 Å². The third-order valence-corrected chi connectivity index (χ3v) is 4.74. The molecule has 0 heterocycles. The summed E-state index contributed by atoms with van der Waals surface area (Å²) in [4.78, 5) is 23.6. The molecule has 4 heteroatoms. The van der Waals surface area contributed by atoms with Crippen molar-refractivity contribution in [2.75, 3.05) is 5.32 Å². The standard InChI is InChI=1S/C20H30N2O2/c1-15(2)20(24)22-18-11-8-17(9-12-18)14-21-19(23)13-10-16-6-4-3-5-7-16/h8-9,11-12,15-16H,3-7,10,13-14H2,1-2H3,(H,21,23)(H,22,24). The molecule has 4 nitrogen and oxygen atoms in total. The summed E-state index contributed by atoms with van der Waals surface area (Å²) in [6.07, 6.45) is 8.24. The third kappa shape index (κ3) is 6.34. The normalized spacial score (nSPS) is 15.3. The Labute approximate surface area is 145 Å². The Balaban J connectivity index is 1.69. The maximum absolute atomic E-state index is 12.0. The molecule has 2 rings (SSSR count). The summed E-state index contributed by atoms with van der Waals surface area (Å²) in [5, 5.41) is 5.85. The molecule has 0 aliphatic heterocycles. The van der Waals surface area contributed by atoms with Gasteiger partial charge in [0.1, 0.15) is 0 Å². The van der Waals surface area contributed by atoms with Crippen molar-refractivity contribution in [2.24, 2.45) is 11.8 Å². The minimum atomic E-state index is -0.0341. The topological polar surface area (TPSA) is 58.2 Å². The summed E-state index contributed by atoms with van der Waals surface area (Å²) in [5.41, 5.74) is 1.84. The van der Waals surface area contributed by atoms with Crippen LogP contribution in [0.2, 0.25) is 0 Å². The second kappa shape index (κ2) is 9.45. The molecule has 0 unspecified atom stereocenters. The van der Waals surface area contributed by atoms with E-state index in [2.05, 4.69) is 10.6 Å². The summed E-state index contributed by atoms with van der Waals surface area (Å²) in [6, 6.07) is 7.64. The third-order valence-electron chi connectivity index (χ3n) is 4.74. The van der Waals surface area contributed by atoms with E-state index in [1.54, 1.807) is 0 Å². The molecule has 132 valence electrons. The predicted octanol–water partition coefficient (Wildman–Crippen LogP) is 4.26. The Kier molecular flexibility index (Phi) is 7.29. The minimum Gasteiger partial charge on any atom is -0.352 e. The van der Waals surface area contributed by atoms with E-state index in [9.17, 15) is 9.59 Å². The van der Waals surface area contributed by atoms with E-state index < -0.39 is 0 Å². The number of hydrogen-bond donors (Lipinski definition) is 2. The van der Waals surface area contributed by atoms with E-state index in [0.29, 0.717) is 13.0 Å². The molecule has 0 spiro atoms. The van der Waals surface area contributed by atoms with Gasteiger partial charge in [0.05, 0.1) is 0 Å². The van der Waals surface area contributed by atoms with Crippen molar-refractivity contribution in [3.63, 3.8) is 0 Å². The van der Waals surface area contributed by atoms with Gasteiger partial charge in [0.25, 0.3) is 0 Å². The maximum atomic E-state index is 12.0. The highest BCUT2D eigenvalue weighted by Crippen LogP contribution is 2.27. The number of hydrogen-bond acceptors (Lipinski definition) is 2. The first kappa shape index (κ1) is 18.5. The van der Waals surface area contributed by atoms with Crippen molar-refractivity contribution in [2.45, 2.75) is 65.3 Å². The number of benzene rings is 1. The van der Waals surface area contributed by atoms with E-state index in [4.69, 9.17) is 0 Å². The molecule has 1 aromatic rings. The second-order valence-electron chi connectivity index (χ2n) is 7.16. The van der Waals surface area contributed by atoms with Gasteiger partial charge in [-0.1, -0.05) is 58.1 Å². The van der Waals surface area contributed by atoms with E-state index in [0.717, 1.165) is 23.6 Å². The van der Waals surface area contributed by atoms with Gasteiger partial charge in [0.15, 0.2) is 0 Å². The maximum Gasteiger partial charge on any atom is 0.226 e. The largest absolute Gasteiger partial charge is 0.352 e. The molecule has 1 saturated carbocycles. The quantitative estimate of drug-likeness (QED) is 0.785. The second-order valence-corrected chi connectivity index (χ2v) is 7.16. The van der Waals surface area contributed by atoms with Crippen molar-refractivity contribution in [3.8, 4) is 0 Å². The highest BCUT2D eigenvalue weighted by molar-refractivity contribution is 5.92. The fourth-order valence-corrected chi connectivity index (χ4v) is 3.09. The van der Waals surface area contributed by atoms with E-state index in [-0.39, 0.29) is 17.7 Å². The molecule has 1 aromatic carbocycles. The lowest BCUT2D eigenvalue weighted by Crippen LogP contribution is -2.23. The van der Waals surface area contributed by atoms with Gasteiger partial charge in [-0.3, -0.25) is 9.59 Å². The van der Waals surface area contributed by atoms with E-state index in [1.165, 1.54) is 32.1 Å². The van der Waals surface area contributed by atoms with Crippen molar-refractivity contribution < 1.29 is 9.59 Å². The minimum absolute atomic E-state index is 0.0127. The highest BCUT2D eigenvalue weighted by atomic mass is 16.2. The van der Waals surface area contributed by atoms with Crippen LogP contribution in [0.15, 0.2) is 24.3 Å². The molecular weight excluding hydrogens is 300 g/mol. The van der Waals surface area contributed by atoms with Gasteiger partial charge in [0.2, 0.25) is 11.8 Å². The summed E-state index contributed by atoms with van der Waals surface area (Å²) >= 11 is 0. The van der Waals surface area contributed by atoms with Crippen LogP contribution in [0, 0.1) is 11.8 Å². The molecule has 24 heavy (non-hydrogen) atoms. The smallest absolute Gasteiger partial charge is 0.226 e. The van der Waals surface area contributed by atoms with Gasteiger partial charge >= 0.3 is 0 Å². The predicted molar refractivity (Wildman–Crippen MR) is 97.6 cm³/mol. The molecule has 2 amide bonds. The van der Waals surface area contributed by atoms with Crippen LogP contribution in [0.25, 0.3) is 0 Å². The monoisotopic (exact) mass is 330 g/mol. The molecule has 0 aromatic heterocycles. The Morgan fingerprint density at radius 3 is 2.38 bits per heavy atom. The van der Waals surface area contributed by atoms with Gasteiger partial charge < -0.3 is 10.6 Å². The van der Waals surface area contributed by atoms with Gasteiger partial charge in [-0.25, -0.2) is 0 Å². The van der Waals surface area contributed by atoms with Crippen LogP contribution < -0.4 is 10.6 Å². The van der Waals surface area contributed by atoms with Crippen molar-refractivity contribution in [1.29, 1.82) is 0 Å².